The molecule has 2 heteroatoms. The van der Waals surface area contributed by atoms with Gasteiger partial charge >= 0.3 is 0 Å². The van der Waals surface area contributed by atoms with Gasteiger partial charge in [0.15, 0.2) is 0 Å². The van der Waals surface area contributed by atoms with Crippen molar-refractivity contribution in [1.29, 1.82) is 0 Å². The van der Waals surface area contributed by atoms with Crippen molar-refractivity contribution in [3.05, 3.63) is 48.2 Å². The molecular formula is C12H10N2. The number of anilines is 1. The number of rotatable bonds is 0. The normalized spacial score (nSPS) is 17.4. The Kier molecular flexibility index (Phi) is 1.53. The van der Waals surface area contributed by atoms with Crippen molar-refractivity contribution in [3.63, 3.8) is 0 Å². The lowest BCUT2D eigenvalue weighted by Crippen LogP contribution is -2.15. The van der Waals surface area contributed by atoms with Gasteiger partial charge in [0.05, 0.1) is 22.8 Å². The van der Waals surface area contributed by atoms with Crippen LogP contribution in [0.2, 0.25) is 0 Å². The van der Waals surface area contributed by atoms with Crippen molar-refractivity contribution in [2.24, 2.45) is 4.99 Å². The van der Waals surface area contributed by atoms with Crippen molar-refractivity contribution in [2.75, 3.05) is 5.32 Å². The Balaban J connectivity index is 2.17. The third-order valence-corrected chi connectivity index (χ3v) is 2.42. The van der Waals surface area contributed by atoms with E-state index in [0.717, 1.165) is 29.2 Å². The Morgan fingerprint density at radius 3 is 3.14 bits per heavy atom. The summed E-state index contributed by atoms with van der Waals surface area (Å²) in [6.45, 7) is 0. The molecule has 1 aromatic rings. The first-order chi connectivity index (χ1) is 6.93. The molecule has 1 aromatic carbocycles. The van der Waals surface area contributed by atoms with Crippen LogP contribution in [0.5, 0.6) is 0 Å². The summed E-state index contributed by atoms with van der Waals surface area (Å²) in [7, 11) is 0. The summed E-state index contributed by atoms with van der Waals surface area (Å²) in [6.07, 6.45) is 7.34. The Hall–Kier alpha value is -1.83. The molecule has 0 unspecified atom stereocenters. The van der Waals surface area contributed by atoms with Gasteiger partial charge in [-0.15, -0.1) is 0 Å². The SMILES string of the molecule is C1=CC2=Nc3ccccc3NC2=CC1. The molecule has 0 aromatic heterocycles. The lowest BCUT2D eigenvalue weighted by atomic mass is 10.1. The average molecular weight is 182 g/mol. The van der Waals surface area contributed by atoms with Crippen molar-refractivity contribution in [1.82, 2.24) is 0 Å². The van der Waals surface area contributed by atoms with Crippen LogP contribution >= 0.6 is 0 Å². The number of aliphatic imine (C=N–C) groups is 1. The Labute approximate surface area is 82.7 Å². The van der Waals surface area contributed by atoms with Gasteiger partial charge in [0.25, 0.3) is 0 Å². The van der Waals surface area contributed by atoms with Crippen molar-refractivity contribution < 1.29 is 0 Å². The molecule has 1 aliphatic carbocycles. The van der Waals surface area contributed by atoms with E-state index in [2.05, 4.69) is 34.6 Å². The van der Waals surface area contributed by atoms with E-state index < -0.39 is 0 Å². The molecule has 0 amide bonds. The average Bonchev–Trinajstić information content (AvgIpc) is 2.26. The maximum atomic E-state index is 4.57. The second kappa shape index (κ2) is 2.84. The highest BCUT2D eigenvalue weighted by Gasteiger charge is 2.14. The minimum Gasteiger partial charge on any atom is -0.352 e. The molecule has 0 saturated carbocycles. The lowest BCUT2D eigenvalue weighted by molar-refractivity contribution is 1.29. The van der Waals surface area contributed by atoms with Crippen LogP contribution in [0.25, 0.3) is 0 Å². The predicted molar refractivity (Wildman–Crippen MR) is 59.0 cm³/mol. The van der Waals surface area contributed by atoms with Gasteiger partial charge in [-0.3, -0.25) is 0 Å². The number of allylic oxidation sites excluding steroid dienone is 3. The summed E-state index contributed by atoms with van der Waals surface area (Å²) >= 11 is 0. The molecule has 68 valence electrons. The van der Waals surface area contributed by atoms with Crippen LogP contribution < -0.4 is 5.32 Å². The molecule has 2 nitrogen and oxygen atoms in total. The van der Waals surface area contributed by atoms with Crippen molar-refractivity contribution in [3.8, 4) is 0 Å². The highest BCUT2D eigenvalue weighted by atomic mass is 15.0. The van der Waals surface area contributed by atoms with E-state index in [1.54, 1.807) is 0 Å². The standard InChI is InChI=1S/C12H10N2/c1-2-6-10-9(5-1)13-11-7-3-4-8-12(11)14-10/h1-3,5-8,14H,4H2. The third-order valence-electron chi connectivity index (χ3n) is 2.42. The van der Waals surface area contributed by atoms with Gasteiger partial charge in [0.1, 0.15) is 0 Å². The van der Waals surface area contributed by atoms with Gasteiger partial charge in [0.2, 0.25) is 0 Å². The molecule has 1 heterocycles. The zero-order valence-corrected chi connectivity index (χ0v) is 7.70. The second-order valence-electron chi connectivity index (χ2n) is 3.40. The highest BCUT2D eigenvalue weighted by Crippen LogP contribution is 2.31. The zero-order valence-electron chi connectivity index (χ0n) is 7.70. The van der Waals surface area contributed by atoms with Crippen LogP contribution in [0.1, 0.15) is 6.42 Å². The second-order valence-corrected chi connectivity index (χ2v) is 3.40. The quantitative estimate of drug-likeness (QED) is 0.655. The fourth-order valence-corrected chi connectivity index (χ4v) is 1.72. The van der Waals surface area contributed by atoms with E-state index >= 15 is 0 Å². The minimum absolute atomic E-state index is 0.990. The first-order valence-electron chi connectivity index (χ1n) is 4.75. The summed E-state index contributed by atoms with van der Waals surface area (Å²) in [5, 5.41) is 3.38. The van der Waals surface area contributed by atoms with Crippen LogP contribution in [0, 0.1) is 0 Å². The molecule has 2 aliphatic rings. The van der Waals surface area contributed by atoms with Gasteiger partial charge in [-0.25, -0.2) is 4.99 Å². The maximum absolute atomic E-state index is 4.57. The number of hydrogen-bond acceptors (Lipinski definition) is 2. The number of fused-ring (bicyclic) bond motifs is 2. The monoisotopic (exact) mass is 182 g/mol. The van der Waals surface area contributed by atoms with E-state index in [1.165, 1.54) is 0 Å². The van der Waals surface area contributed by atoms with Crippen LogP contribution in [-0.2, 0) is 0 Å². The molecule has 0 bridgehead atoms. The van der Waals surface area contributed by atoms with Crippen LogP contribution in [0.15, 0.2) is 53.2 Å². The minimum atomic E-state index is 0.990. The topological polar surface area (TPSA) is 24.4 Å². The molecule has 3 rings (SSSR count). The van der Waals surface area contributed by atoms with Gasteiger partial charge in [0, 0.05) is 0 Å². The molecule has 0 saturated heterocycles. The predicted octanol–water partition coefficient (Wildman–Crippen LogP) is 3.03. The Bertz CT molecular complexity index is 467. The fraction of sp³-hybridized carbons (Fsp3) is 0.0833. The molecule has 0 spiro atoms. The van der Waals surface area contributed by atoms with Gasteiger partial charge in [-0.05, 0) is 24.6 Å². The first-order valence-corrected chi connectivity index (χ1v) is 4.75. The number of para-hydroxylation sites is 2. The molecule has 0 fully saturated rings. The van der Waals surface area contributed by atoms with Crippen molar-refractivity contribution >= 4 is 17.1 Å². The number of nitrogens with zero attached hydrogens (tertiary/aromatic N) is 1. The summed E-state index contributed by atoms with van der Waals surface area (Å²) in [4.78, 5) is 4.57. The lowest BCUT2D eigenvalue weighted by Gasteiger charge is -2.20. The third kappa shape index (κ3) is 1.08. The van der Waals surface area contributed by atoms with Crippen molar-refractivity contribution in [2.45, 2.75) is 6.42 Å². The van der Waals surface area contributed by atoms with Gasteiger partial charge < -0.3 is 5.32 Å². The molecule has 14 heavy (non-hydrogen) atoms. The molecule has 1 N–H and O–H groups in total. The number of hydrogen-bond donors (Lipinski definition) is 1. The molecular weight excluding hydrogens is 172 g/mol. The van der Waals surface area contributed by atoms with E-state index in [9.17, 15) is 0 Å². The van der Waals surface area contributed by atoms with Crippen LogP contribution in [0.4, 0.5) is 11.4 Å². The van der Waals surface area contributed by atoms with Crippen LogP contribution in [0.3, 0.4) is 0 Å². The first kappa shape index (κ1) is 7.56. The van der Waals surface area contributed by atoms with Gasteiger partial charge in [-0.2, -0.15) is 0 Å². The van der Waals surface area contributed by atoms with E-state index in [4.69, 9.17) is 0 Å². The summed E-state index contributed by atoms with van der Waals surface area (Å²) in [5.74, 6) is 0. The highest BCUT2D eigenvalue weighted by molar-refractivity contribution is 6.14. The van der Waals surface area contributed by atoms with Crippen LogP contribution in [-0.4, -0.2) is 5.71 Å². The molecule has 0 radical (unpaired) electrons. The number of nitrogens with one attached hydrogen (secondary N) is 1. The van der Waals surface area contributed by atoms with E-state index in [0.29, 0.717) is 0 Å². The van der Waals surface area contributed by atoms with E-state index in [-0.39, 0.29) is 0 Å². The maximum Gasteiger partial charge on any atom is 0.0872 e. The smallest absolute Gasteiger partial charge is 0.0872 e. The molecule has 1 aliphatic heterocycles. The fourth-order valence-electron chi connectivity index (χ4n) is 1.72. The van der Waals surface area contributed by atoms with Gasteiger partial charge in [-0.1, -0.05) is 24.3 Å². The Morgan fingerprint density at radius 2 is 2.14 bits per heavy atom. The largest absolute Gasteiger partial charge is 0.352 e. The summed E-state index contributed by atoms with van der Waals surface area (Å²) in [6, 6.07) is 8.10. The zero-order chi connectivity index (χ0) is 9.38. The summed E-state index contributed by atoms with van der Waals surface area (Å²) in [5.41, 5.74) is 4.28. The van der Waals surface area contributed by atoms with E-state index in [1.807, 2.05) is 18.2 Å². The Morgan fingerprint density at radius 1 is 1.21 bits per heavy atom. The number of benzene rings is 1. The summed E-state index contributed by atoms with van der Waals surface area (Å²) < 4.78 is 0. The molecule has 0 atom stereocenters.